The standard InChI is InChI=1S/C31H36N2O2/c1-4-22(2)30(33-27-12-8-11-26(19-27)24-9-6-5-7-10-24)17-18-35-31-16-15-25(14-13-23(3)34)28-20-32-21-29(28)31/h5-12,15-16,19,32-33H,4,13-14,17-18,20-21H2,1-3H3/b30-22-. The first-order valence-corrected chi connectivity index (χ1v) is 12.6. The van der Waals surface area contributed by atoms with Gasteiger partial charge in [-0.3, -0.25) is 0 Å². The van der Waals surface area contributed by atoms with Crippen LogP contribution < -0.4 is 15.4 Å². The fourth-order valence-electron chi connectivity index (χ4n) is 4.57. The van der Waals surface area contributed by atoms with Crippen LogP contribution in [-0.4, -0.2) is 12.4 Å². The highest BCUT2D eigenvalue weighted by Gasteiger charge is 2.19. The number of ketones is 1. The second kappa shape index (κ2) is 11.9. The number of ether oxygens (including phenoxy) is 1. The smallest absolute Gasteiger partial charge is 0.130 e. The molecule has 0 fully saturated rings. The molecule has 3 aromatic rings. The van der Waals surface area contributed by atoms with E-state index < -0.39 is 0 Å². The highest BCUT2D eigenvalue weighted by atomic mass is 16.5. The van der Waals surface area contributed by atoms with Gasteiger partial charge in [0.15, 0.2) is 0 Å². The Morgan fingerprint density at radius 1 is 0.914 bits per heavy atom. The Labute approximate surface area is 209 Å². The Morgan fingerprint density at radius 2 is 1.69 bits per heavy atom. The number of anilines is 1. The molecule has 0 radical (unpaired) electrons. The number of carbonyl (C=O) groups excluding carboxylic acids is 1. The van der Waals surface area contributed by atoms with E-state index in [2.05, 4.69) is 85.1 Å². The Hall–Kier alpha value is -3.37. The molecular weight excluding hydrogens is 432 g/mol. The number of benzene rings is 3. The number of allylic oxidation sites excluding steroid dienone is 1. The van der Waals surface area contributed by atoms with E-state index >= 15 is 0 Å². The van der Waals surface area contributed by atoms with Crippen LogP contribution in [0.3, 0.4) is 0 Å². The first-order chi connectivity index (χ1) is 17.0. The summed E-state index contributed by atoms with van der Waals surface area (Å²) in [5, 5.41) is 7.12. The molecular formula is C31H36N2O2. The molecule has 182 valence electrons. The summed E-state index contributed by atoms with van der Waals surface area (Å²) >= 11 is 0. The van der Waals surface area contributed by atoms with Crippen molar-refractivity contribution in [3.8, 4) is 16.9 Å². The van der Waals surface area contributed by atoms with Crippen LogP contribution in [-0.2, 0) is 24.3 Å². The molecule has 4 rings (SSSR count). The van der Waals surface area contributed by atoms with Crippen molar-refractivity contribution in [2.24, 2.45) is 0 Å². The van der Waals surface area contributed by atoms with Crippen LogP contribution in [0.4, 0.5) is 5.69 Å². The number of aryl methyl sites for hydroxylation is 1. The lowest BCUT2D eigenvalue weighted by atomic mass is 9.98. The lowest BCUT2D eigenvalue weighted by Gasteiger charge is -2.17. The number of nitrogens with one attached hydrogen (secondary N) is 2. The number of carbonyl (C=O) groups is 1. The van der Waals surface area contributed by atoms with Gasteiger partial charge in [-0.15, -0.1) is 0 Å². The van der Waals surface area contributed by atoms with E-state index in [1.807, 2.05) is 6.07 Å². The zero-order valence-corrected chi connectivity index (χ0v) is 21.1. The molecule has 4 heteroatoms. The van der Waals surface area contributed by atoms with Gasteiger partial charge in [0, 0.05) is 42.9 Å². The summed E-state index contributed by atoms with van der Waals surface area (Å²) < 4.78 is 6.30. The molecule has 3 aromatic carbocycles. The van der Waals surface area contributed by atoms with E-state index in [9.17, 15) is 4.79 Å². The van der Waals surface area contributed by atoms with Gasteiger partial charge < -0.3 is 20.2 Å². The molecule has 4 nitrogen and oxygen atoms in total. The molecule has 0 unspecified atom stereocenters. The maximum atomic E-state index is 11.4. The molecule has 1 aliphatic rings. The summed E-state index contributed by atoms with van der Waals surface area (Å²) in [5.41, 5.74) is 9.87. The van der Waals surface area contributed by atoms with Crippen molar-refractivity contribution in [1.82, 2.24) is 5.32 Å². The largest absolute Gasteiger partial charge is 0.493 e. The van der Waals surface area contributed by atoms with Crippen LogP contribution in [0.1, 0.15) is 56.7 Å². The van der Waals surface area contributed by atoms with Gasteiger partial charge in [-0.1, -0.05) is 61.0 Å². The molecule has 0 saturated heterocycles. The quantitative estimate of drug-likeness (QED) is 0.317. The molecule has 1 heterocycles. The zero-order valence-electron chi connectivity index (χ0n) is 21.1. The normalized spacial score (nSPS) is 13.2. The highest BCUT2D eigenvalue weighted by molar-refractivity contribution is 5.75. The van der Waals surface area contributed by atoms with Crippen molar-refractivity contribution < 1.29 is 9.53 Å². The Balaban J connectivity index is 1.43. The van der Waals surface area contributed by atoms with Crippen molar-refractivity contribution in [3.05, 3.63) is 94.7 Å². The van der Waals surface area contributed by atoms with Gasteiger partial charge in [0.1, 0.15) is 11.5 Å². The van der Waals surface area contributed by atoms with Crippen molar-refractivity contribution in [1.29, 1.82) is 0 Å². The lowest BCUT2D eigenvalue weighted by molar-refractivity contribution is -0.116. The maximum absolute atomic E-state index is 11.4. The van der Waals surface area contributed by atoms with E-state index in [0.29, 0.717) is 13.0 Å². The average Bonchev–Trinajstić information content (AvgIpc) is 3.38. The fraction of sp³-hybridized carbons (Fsp3) is 0.323. The molecule has 0 bridgehead atoms. The van der Waals surface area contributed by atoms with Crippen LogP contribution in [0, 0.1) is 0 Å². The Kier molecular flexibility index (Phi) is 8.38. The van der Waals surface area contributed by atoms with Gasteiger partial charge in [0.2, 0.25) is 0 Å². The Bertz CT molecular complexity index is 1200. The van der Waals surface area contributed by atoms with Gasteiger partial charge in [0.25, 0.3) is 0 Å². The molecule has 1 aliphatic heterocycles. The van der Waals surface area contributed by atoms with Gasteiger partial charge in [0.05, 0.1) is 6.61 Å². The molecule has 2 N–H and O–H groups in total. The zero-order chi connectivity index (χ0) is 24.6. The molecule has 0 atom stereocenters. The maximum Gasteiger partial charge on any atom is 0.130 e. The van der Waals surface area contributed by atoms with Crippen LogP contribution in [0.2, 0.25) is 0 Å². The molecule has 0 saturated carbocycles. The number of hydrogen-bond acceptors (Lipinski definition) is 4. The first kappa shape index (κ1) is 24.7. The second-order valence-corrected chi connectivity index (χ2v) is 9.27. The predicted octanol–water partition coefficient (Wildman–Crippen LogP) is 7.04. The summed E-state index contributed by atoms with van der Waals surface area (Å²) in [5.74, 6) is 1.19. The highest BCUT2D eigenvalue weighted by Crippen LogP contribution is 2.31. The lowest BCUT2D eigenvalue weighted by Crippen LogP contribution is -2.09. The van der Waals surface area contributed by atoms with Gasteiger partial charge >= 0.3 is 0 Å². The van der Waals surface area contributed by atoms with Gasteiger partial charge in [-0.25, -0.2) is 0 Å². The molecule has 0 amide bonds. The van der Waals surface area contributed by atoms with E-state index in [-0.39, 0.29) is 5.78 Å². The molecule has 0 aliphatic carbocycles. The minimum absolute atomic E-state index is 0.234. The SMILES string of the molecule is CC/C(C)=C(/CCOc1ccc(CCC(C)=O)c2c1CNC2)Nc1cccc(-c2ccccc2)c1. The van der Waals surface area contributed by atoms with E-state index in [0.717, 1.165) is 43.8 Å². The minimum Gasteiger partial charge on any atom is -0.493 e. The van der Waals surface area contributed by atoms with Crippen LogP contribution >= 0.6 is 0 Å². The minimum atomic E-state index is 0.234. The van der Waals surface area contributed by atoms with Gasteiger partial charge in [-0.05, 0) is 67.1 Å². The number of Topliss-reactive ketones (excluding diaryl/α,β-unsaturated/α-hetero) is 1. The van der Waals surface area contributed by atoms with Gasteiger partial charge in [-0.2, -0.15) is 0 Å². The van der Waals surface area contributed by atoms with Crippen molar-refractivity contribution in [2.75, 3.05) is 11.9 Å². The third-order valence-electron chi connectivity index (χ3n) is 6.76. The molecule has 0 aromatic heterocycles. The number of hydrogen-bond donors (Lipinski definition) is 2. The Morgan fingerprint density at radius 3 is 2.46 bits per heavy atom. The summed E-state index contributed by atoms with van der Waals surface area (Å²) in [6, 6.07) is 23.2. The summed E-state index contributed by atoms with van der Waals surface area (Å²) in [6.45, 7) is 8.31. The molecule has 35 heavy (non-hydrogen) atoms. The predicted molar refractivity (Wildman–Crippen MR) is 145 cm³/mol. The molecule has 0 spiro atoms. The third-order valence-corrected chi connectivity index (χ3v) is 6.76. The topological polar surface area (TPSA) is 50.4 Å². The van der Waals surface area contributed by atoms with Crippen molar-refractivity contribution in [3.63, 3.8) is 0 Å². The van der Waals surface area contributed by atoms with Crippen molar-refractivity contribution >= 4 is 11.5 Å². The number of rotatable bonds is 11. The summed E-state index contributed by atoms with van der Waals surface area (Å²) in [7, 11) is 0. The van der Waals surface area contributed by atoms with E-state index in [1.54, 1.807) is 6.92 Å². The van der Waals surface area contributed by atoms with Crippen molar-refractivity contribution in [2.45, 2.75) is 59.5 Å². The van der Waals surface area contributed by atoms with Crippen LogP contribution in [0.15, 0.2) is 78.0 Å². The first-order valence-electron chi connectivity index (χ1n) is 12.6. The monoisotopic (exact) mass is 468 g/mol. The van der Waals surface area contributed by atoms with Crippen LogP contribution in [0.5, 0.6) is 5.75 Å². The summed E-state index contributed by atoms with van der Waals surface area (Å²) in [4.78, 5) is 11.4. The van der Waals surface area contributed by atoms with E-state index in [1.165, 1.54) is 39.1 Å². The number of fused-ring (bicyclic) bond motifs is 1. The fourth-order valence-corrected chi connectivity index (χ4v) is 4.57. The third kappa shape index (κ3) is 6.40. The summed E-state index contributed by atoms with van der Waals surface area (Å²) in [6.07, 6.45) is 3.19. The van der Waals surface area contributed by atoms with E-state index in [4.69, 9.17) is 4.74 Å². The van der Waals surface area contributed by atoms with Crippen LogP contribution in [0.25, 0.3) is 11.1 Å². The average molecular weight is 469 g/mol. The second-order valence-electron chi connectivity index (χ2n) is 9.27.